The monoisotopic (exact) mass is 416 g/mol. The number of nitrogens with zero attached hydrogens (tertiary/aromatic N) is 2. The van der Waals surface area contributed by atoms with Gasteiger partial charge >= 0.3 is 6.03 Å². The summed E-state index contributed by atoms with van der Waals surface area (Å²) in [5.74, 6) is 0.406. The van der Waals surface area contributed by atoms with E-state index >= 15 is 0 Å². The Balaban J connectivity index is 1.36. The Kier molecular flexibility index (Phi) is 6.22. The van der Waals surface area contributed by atoms with Crippen molar-refractivity contribution in [3.8, 4) is 6.07 Å². The molecule has 6 nitrogen and oxygen atoms in total. The van der Waals surface area contributed by atoms with Crippen LogP contribution in [-0.2, 0) is 0 Å². The van der Waals surface area contributed by atoms with Gasteiger partial charge in [-0.15, -0.1) is 0 Å². The third kappa shape index (κ3) is 4.88. The first-order chi connectivity index (χ1) is 15.0. The van der Waals surface area contributed by atoms with Crippen molar-refractivity contribution in [3.05, 3.63) is 64.7 Å². The molecule has 0 spiro atoms. The Morgan fingerprint density at radius 1 is 1.03 bits per heavy atom. The first-order valence-corrected chi connectivity index (χ1v) is 11.0. The van der Waals surface area contributed by atoms with Crippen LogP contribution in [-0.4, -0.2) is 36.0 Å². The number of hydrogen-bond acceptors (Lipinski definition) is 3. The van der Waals surface area contributed by atoms with Gasteiger partial charge in [0.25, 0.3) is 5.91 Å². The SMILES string of the molecule is Cc1ccc(C(=O)N2CCC(c3ccc(C#N)cc3)CC2)cc1NC(=O)NC1CCC1. The first-order valence-electron chi connectivity index (χ1n) is 11.0. The van der Waals surface area contributed by atoms with E-state index < -0.39 is 0 Å². The highest BCUT2D eigenvalue weighted by Crippen LogP contribution is 2.29. The molecule has 0 bridgehead atoms. The van der Waals surface area contributed by atoms with Crippen LogP contribution in [0.3, 0.4) is 0 Å². The Morgan fingerprint density at radius 3 is 2.35 bits per heavy atom. The van der Waals surface area contributed by atoms with Crippen LogP contribution in [0.4, 0.5) is 10.5 Å². The largest absolute Gasteiger partial charge is 0.339 e. The van der Waals surface area contributed by atoms with Gasteiger partial charge in [0.2, 0.25) is 0 Å². The zero-order valence-corrected chi connectivity index (χ0v) is 17.9. The molecule has 6 heteroatoms. The lowest BCUT2D eigenvalue weighted by atomic mass is 9.89. The predicted octanol–water partition coefficient (Wildman–Crippen LogP) is 4.56. The number of carbonyl (C=O) groups excluding carboxylic acids is 2. The van der Waals surface area contributed by atoms with E-state index in [0.717, 1.165) is 37.7 Å². The molecule has 160 valence electrons. The van der Waals surface area contributed by atoms with Crippen molar-refractivity contribution < 1.29 is 9.59 Å². The number of carbonyl (C=O) groups is 2. The van der Waals surface area contributed by atoms with Gasteiger partial charge in [0, 0.05) is 30.4 Å². The molecule has 1 aliphatic heterocycles. The molecular formula is C25H28N4O2. The molecular weight excluding hydrogens is 388 g/mol. The minimum atomic E-state index is -0.208. The topological polar surface area (TPSA) is 85.2 Å². The molecule has 0 atom stereocenters. The molecule has 1 saturated heterocycles. The molecule has 1 heterocycles. The van der Waals surface area contributed by atoms with Crippen molar-refractivity contribution in [2.24, 2.45) is 0 Å². The van der Waals surface area contributed by atoms with Gasteiger partial charge < -0.3 is 15.5 Å². The normalized spacial score (nSPS) is 16.8. The number of urea groups is 1. The number of nitriles is 1. The predicted molar refractivity (Wildman–Crippen MR) is 120 cm³/mol. The average Bonchev–Trinajstić information content (AvgIpc) is 2.77. The average molecular weight is 417 g/mol. The lowest BCUT2D eigenvalue weighted by Gasteiger charge is -2.32. The molecule has 2 aromatic rings. The van der Waals surface area contributed by atoms with E-state index in [0.29, 0.717) is 35.8 Å². The third-order valence-corrected chi connectivity index (χ3v) is 6.47. The number of aryl methyl sites for hydroxylation is 1. The van der Waals surface area contributed by atoms with Crippen molar-refractivity contribution in [2.45, 2.75) is 51.0 Å². The van der Waals surface area contributed by atoms with Crippen LogP contribution in [0.2, 0.25) is 0 Å². The summed E-state index contributed by atoms with van der Waals surface area (Å²) in [5, 5.41) is 14.8. The lowest BCUT2D eigenvalue weighted by molar-refractivity contribution is 0.0713. The zero-order valence-electron chi connectivity index (χ0n) is 17.9. The van der Waals surface area contributed by atoms with Crippen LogP contribution in [0.5, 0.6) is 0 Å². The van der Waals surface area contributed by atoms with E-state index in [1.54, 1.807) is 6.07 Å². The number of anilines is 1. The molecule has 3 amide bonds. The fourth-order valence-corrected chi connectivity index (χ4v) is 4.21. The Labute approximate surface area is 183 Å². The summed E-state index contributed by atoms with van der Waals surface area (Å²) in [7, 11) is 0. The molecule has 0 radical (unpaired) electrons. The Bertz CT molecular complexity index is 997. The maximum atomic E-state index is 13.1. The zero-order chi connectivity index (χ0) is 21.8. The number of benzene rings is 2. The number of likely N-dealkylation sites (tertiary alicyclic amines) is 1. The van der Waals surface area contributed by atoms with E-state index in [2.05, 4.69) is 16.7 Å². The molecule has 31 heavy (non-hydrogen) atoms. The van der Waals surface area contributed by atoms with Gasteiger partial charge in [-0.1, -0.05) is 18.2 Å². The maximum absolute atomic E-state index is 13.1. The molecule has 2 fully saturated rings. The van der Waals surface area contributed by atoms with Crippen LogP contribution in [0.1, 0.15) is 65.1 Å². The summed E-state index contributed by atoms with van der Waals surface area (Å²) < 4.78 is 0. The number of hydrogen-bond donors (Lipinski definition) is 2. The summed E-state index contributed by atoms with van der Waals surface area (Å²) in [6.07, 6.45) is 5.03. The van der Waals surface area contributed by atoms with Gasteiger partial charge in [0.05, 0.1) is 11.6 Å². The van der Waals surface area contributed by atoms with Gasteiger partial charge in [0.15, 0.2) is 0 Å². The van der Waals surface area contributed by atoms with Gasteiger partial charge in [-0.05, 0) is 80.3 Å². The first kappa shape index (κ1) is 20.9. The molecule has 1 aliphatic carbocycles. The second kappa shape index (κ2) is 9.22. The van der Waals surface area contributed by atoms with Gasteiger partial charge in [-0.2, -0.15) is 5.26 Å². The Morgan fingerprint density at radius 2 is 1.74 bits per heavy atom. The fourth-order valence-electron chi connectivity index (χ4n) is 4.21. The molecule has 0 aromatic heterocycles. The maximum Gasteiger partial charge on any atom is 0.319 e. The standard InChI is InChI=1S/C25H28N4O2/c1-17-5-8-21(15-23(17)28-25(31)27-22-3-2-4-22)24(30)29-13-11-20(12-14-29)19-9-6-18(16-26)7-10-19/h5-10,15,20,22H,2-4,11-14H2,1H3,(H2,27,28,31). The van der Waals surface area contributed by atoms with Gasteiger partial charge in [0.1, 0.15) is 0 Å². The third-order valence-electron chi connectivity index (χ3n) is 6.47. The number of rotatable bonds is 4. The van der Waals surface area contributed by atoms with Crippen molar-refractivity contribution in [1.82, 2.24) is 10.2 Å². The highest BCUT2D eigenvalue weighted by Gasteiger charge is 2.25. The lowest BCUT2D eigenvalue weighted by Crippen LogP contribution is -2.42. The van der Waals surface area contributed by atoms with Crippen LogP contribution in [0.15, 0.2) is 42.5 Å². The second-order valence-corrected chi connectivity index (χ2v) is 8.56. The quantitative estimate of drug-likeness (QED) is 0.766. The summed E-state index contributed by atoms with van der Waals surface area (Å²) in [6.45, 7) is 3.32. The van der Waals surface area contributed by atoms with Gasteiger partial charge in [-0.25, -0.2) is 4.79 Å². The number of piperidine rings is 1. The van der Waals surface area contributed by atoms with Crippen molar-refractivity contribution in [1.29, 1.82) is 5.26 Å². The summed E-state index contributed by atoms with van der Waals surface area (Å²) in [4.78, 5) is 27.2. The second-order valence-electron chi connectivity index (χ2n) is 8.56. The van der Waals surface area contributed by atoms with Crippen molar-refractivity contribution in [3.63, 3.8) is 0 Å². The van der Waals surface area contributed by atoms with E-state index in [1.807, 2.05) is 48.2 Å². The highest BCUT2D eigenvalue weighted by atomic mass is 16.2. The Hall–Kier alpha value is -3.33. The van der Waals surface area contributed by atoms with Crippen LogP contribution < -0.4 is 10.6 Å². The van der Waals surface area contributed by atoms with Crippen LogP contribution >= 0.6 is 0 Å². The molecule has 1 saturated carbocycles. The van der Waals surface area contributed by atoms with E-state index in [9.17, 15) is 9.59 Å². The summed E-state index contributed by atoms with van der Waals surface area (Å²) in [5.41, 5.74) is 4.10. The van der Waals surface area contributed by atoms with Crippen molar-refractivity contribution >= 4 is 17.6 Å². The van der Waals surface area contributed by atoms with Crippen LogP contribution in [0.25, 0.3) is 0 Å². The summed E-state index contributed by atoms with van der Waals surface area (Å²) in [6, 6.07) is 15.5. The smallest absolute Gasteiger partial charge is 0.319 e. The number of nitrogens with one attached hydrogen (secondary N) is 2. The summed E-state index contributed by atoms with van der Waals surface area (Å²) >= 11 is 0. The molecule has 2 aromatic carbocycles. The molecule has 0 unspecified atom stereocenters. The number of amides is 3. The minimum Gasteiger partial charge on any atom is -0.339 e. The van der Waals surface area contributed by atoms with E-state index in [4.69, 9.17) is 5.26 Å². The fraction of sp³-hybridized carbons (Fsp3) is 0.400. The van der Waals surface area contributed by atoms with Gasteiger partial charge in [-0.3, -0.25) is 4.79 Å². The van der Waals surface area contributed by atoms with E-state index in [1.165, 1.54) is 5.56 Å². The van der Waals surface area contributed by atoms with Crippen LogP contribution in [0, 0.1) is 18.3 Å². The molecule has 2 aliphatic rings. The molecule has 2 N–H and O–H groups in total. The van der Waals surface area contributed by atoms with E-state index in [-0.39, 0.29) is 18.0 Å². The minimum absolute atomic E-state index is 0.000675. The molecule has 4 rings (SSSR count). The van der Waals surface area contributed by atoms with Crippen molar-refractivity contribution in [2.75, 3.05) is 18.4 Å². The highest BCUT2D eigenvalue weighted by molar-refractivity contribution is 5.97.